The number of nitrogens with two attached hydrogens (primary N) is 1. The molecule has 1 saturated heterocycles. The van der Waals surface area contributed by atoms with E-state index in [0.29, 0.717) is 12.8 Å². The van der Waals surface area contributed by atoms with Crippen molar-refractivity contribution in [2.75, 3.05) is 11.4 Å². The molecule has 4 atom stereocenters. The van der Waals surface area contributed by atoms with Crippen molar-refractivity contribution in [3.63, 3.8) is 0 Å². The summed E-state index contributed by atoms with van der Waals surface area (Å²) in [7, 11) is 0. The molecule has 4 unspecified atom stereocenters. The first kappa shape index (κ1) is 22.3. The Morgan fingerprint density at radius 2 is 1.84 bits per heavy atom. The second-order valence-electron chi connectivity index (χ2n) is 9.67. The molecule has 2 aromatic rings. The molecule has 0 aromatic heterocycles. The minimum Gasteiger partial charge on any atom is -0.374 e. The standard InChI is InChI=1S/C26H34N4O2/c1-17(2)26(4)15-24(32)30(25(27)28-26)18(3)20-11-8-12-22(13-20)29-16-21(14-23(29)31)19-9-6-5-7-10-19/h5-13,17-18,21,23,31H,14-16H2,1-4H3,(H2,27,28). The Morgan fingerprint density at radius 3 is 2.50 bits per heavy atom. The van der Waals surface area contributed by atoms with Crippen LogP contribution in [0.25, 0.3) is 0 Å². The molecule has 6 nitrogen and oxygen atoms in total. The van der Waals surface area contributed by atoms with Gasteiger partial charge in [0.15, 0.2) is 5.96 Å². The number of amides is 1. The van der Waals surface area contributed by atoms with Gasteiger partial charge in [-0.25, -0.2) is 4.99 Å². The molecule has 0 aliphatic carbocycles. The number of aliphatic hydroxyl groups excluding tert-OH is 1. The lowest BCUT2D eigenvalue weighted by molar-refractivity contribution is -0.131. The third-order valence-corrected chi connectivity index (χ3v) is 7.25. The Bertz CT molecular complexity index is 1010. The SMILES string of the molecule is CC(c1cccc(N2CC(c3ccccc3)CC2O)c1)N1C(=O)CC(C)(C(C)C)N=C1N. The van der Waals surface area contributed by atoms with E-state index in [9.17, 15) is 9.90 Å². The maximum absolute atomic E-state index is 13.0. The van der Waals surface area contributed by atoms with Crippen LogP contribution in [0.1, 0.15) is 63.6 Å². The molecule has 4 rings (SSSR count). The van der Waals surface area contributed by atoms with Crippen molar-refractivity contribution < 1.29 is 9.90 Å². The maximum atomic E-state index is 13.0. The van der Waals surface area contributed by atoms with Crippen LogP contribution < -0.4 is 10.6 Å². The third-order valence-electron chi connectivity index (χ3n) is 7.25. The molecule has 0 radical (unpaired) electrons. The summed E-state index contributed by atoms with van der Waals surface area (Å²) in [4.78, 5) is 21.4. The van der Waals surface area contributed by atoms with Gasteiger partial charge in [0.25, 0.3) is 0 Å². The highest BCUT2D eigenvalue weighted by Gasteiger charge is 2.40. The first-order chi connectivity index (χ1) is 15.2. The molecular formula is C26H34N4O2. The number of aliphatic imine (C=N–C) groups is 1. The zero-order chi connectivity index (χ0) is 23.0. The summed E-state index contributed by atoms with van der Waals surface area (Å²) in [6.07, 6.45) is 0.501. The zero-order valence-corrected chi connectivity index (χ0v) is 19.4. The highest BCUT2D eigenvalue weighted by atomic mass is 16.3. The highest BCUT2D eigenvalue weighted by Crippen LogP contribution is 2.37. The topological polar surface area (TPSA) is 82.2 Å². The largest absolute Gasteiger partial charge is 0.374 e. The first-order valence-corrected chi connectivity index (χ1v) is 11.5. The van der Waals surface area contributed by atoms with Crippen molar-refractivity contribution in [3.8, 4) is 0 Å². The van der Waals surface area contributed by atoms with Crippen molar-refractivity contribution in [1.82, 2.24) is 4.90 Å². The number of guanidine groups is 1. The Labute approximate surface area is 190 Å². The van der Waals surface area contributed by atoms with Crippen LogP contribution in [0.15, 0.2) is 59.6 Å². The van der Waals surface area contributed by atoms with E-state index in [4.69, 9.17) is 10.7 Å². The smallest absolute Gasteiger partial charge is 0.232 e. The number of carbonyl (C=O) groups excluding carboxylic acids is 1. The molecule has 3 N–H and O–H groups in total. The Kier molecular flexibility index (Phi) is 5.99. The van der Waals surface area contributed by atoms with Gasteiger partial charge in [-0.1, -0.05) is 56.3 Å². The van der Waals surface area contributed by atoms with Crippen molar-refractivity contribution in [2.45, 2.75) is 64.3 Å². The quantitative estimate of drug-likeness (QED) is 0.745. The van der Waals surface area contributed by atoms with E-state index >= 15 is 0 Å². The van der Waals surface area contributed by atoms with E-state index in [1.165, 1.54) is 5.56 Å². The number of anilines is 1. The van der Waals surface area contributed by atoms with Gasteiger partial charge in [-0.2, -0.15) is 0 Å². The highest BCUT2D eigenvalue weighted by molar-refractivity contribution is 5.99. The van der Waals surface area contributed by atoms with Crippen molar-refractivity contribution in [2.24, 2.45) is 16.6 Å². The van der Waals surface area contributed by atoms with Crippen LogP contribution >= 0.6 is 0 Å². The van der Waals surface area contributed by atoms with Gasteiger partial charge >= 0.3 is 0 Å². The molecule has 1 fully saturated rings. The van der Waals surface area contributed by atoms with Crippen LogP contribution in [0.3, 0.4) is 0 Å². The minimum absolute atomic E-state index is 0.00282. The number of hydrogen-bond acceptors (Lipinski definition) is 5. The maximum Gasteiger partial charge on any atom is 0.232 e. The van der Waals surface area contributed by atoms with E-state index < -0.39 is 11.8 Å². The Balaban J connectivity index is 1.56. The molecule has 1 amide bonds. The van der Waals surface area contributed by atoms with E-state index in [0.717, 1.165) is 17.8 Å². The van der Waals surface area contributed by atoms with Crippen LogP contribution in [-0.2, 0) is 4.79 Å². The number of hydrogen-bond donors (Lipinski definition) is 2. The second-order valence-corrected chi connectivity index (χ2v) is 9.67. The molecule has 2 aliphatic rings. The summed E-state index contributed by atoms with van der Waals surface area (Å²) < 4.78 is 0. The third kappa shape index (κ3) is 4.11. The van der Waals surface area contributed by atoms with Crippen LogP contribution in [0, 0.1) is 5.92 Å². The molecular weight excluding hydrogens is 400 g/mol. The molecule has 0 saturated carbocycles. The fourth-order valence-corrected chi connectivity index (χ4v) is 4.79. The molecule has 2 heterocycles. The summed E-state index contributed by atoms with van der Waals surface area (Å²) in [6, 6.07) is 18.1. The number of rotatable bonds is 5. The monoisotopic (exact) mass is 434 g/mol. The van der Waals surface area contributed by atoms with Gasteiger partial charge in [-0.05, 0) is 43.0 Å². The summed E-state index contributed by atoms with van der Waals surface area (Å²) in [5.74, 6) is 0.782. The van der Waals surface area contributed by atoms with Gasteiger partial charge in [-0.15, -0.1) is 0 Å². The lowest BCUT2D eigenvalue weighted by atomic mass is 9.84. The summed E-state index contributed by atoms with van der Waals surface area (Å²) in [5.41, 5.74) is 8.99. The zero-order valence-electron chi connectivity index (χ0n) is 19.4. The number of benzene rings is 2. The predicted molar refractivity (Wildman–Crippen MR) is 128 cm³/mol. The average Bonchev–Trinajstić information content (AvgIpc) is 3.15. The Morgan fingerprint density at radius 1 is 1.12 bits per heavy atom. The van der Waals surface area contributed by atoms with Gasteiger partial charge in [0, 0.05) is 24.6 Å². The minimum atomic E-state index is -0.541. The van der Waals surface area contributed by atoms with E-state index in [2.05, 4.69) is 32.0 Å². The first-order valence-electron chi connectivity index (χ1n) is 11.5. The van der Waals surface area contributed by atoms with E-state index in [1.807, 2.05) is 55.1 Å². The van der Waals surface area contributed by atoms with Gasteiger partial charge in [-0.3, -0.25) is 9.69 Å². The summed E-state index contributed by atoms with van der Waals surface area (Å²) in [5, 5.41) is 10.8. The van der Waals surface area contributed by atoms with Crippen LogP contribution in [0.5, 0.6) is 0 Å². The fourth-order valence-electron chi connectivity index (χ4n) is 4.79. The van der Waals surface area contributed by atoms with Crippen molar-refractivity contribution >= 4 is 17.6 Å². The normalized spacial score (nSPS) is 27.1. The number of carbonyl (C=O) groups is 1. The van der Waals surface area contributed by atoms with Crippen LogP contribution in [-0.4, -0.2) is 40.2 Å². The molecule has 2 aliphatic heterocycles. The lowest BCUT2D eigenvalue weighted by Crippen LogP contribution is -2.52. The van der Waals surface area contributed by atoms with Crippen LogP contribution in [0.4, 0.5) is 5.69 Å². The average molecular weight is 435 g/mol. The molecule has 0 spiro atoms. The molecule has 170 valence electrons. The number of aliphatic hydroxyl groups is 1. The fraction of sp³-hybridized carbons (Fsp3) is 0.462. The molecule has 6 heteroatoms. The van der Waals surface area contributed by atoms with E-state index in [1.54, 1.807) is 4.90 Å². The van der Waals surface area contributed by atoms with Gasteiger partial charge in [0.2, 0.25) is 5.91 Å². The van der Waals surface area contributed by atoms with Gasteiger partial charge in [0.05, 0.1) is 18.0 Å². The molecule has 32 heavy (non-hydrogen) atoms. The van der Waals surface area contributed by atoms with Gasteiger partial charge < -0.3 is 15.7 Å². The predicted octanol–water partition coefficient (Wildman–Crippen LogP) is 4.02. The number of nitrogens with zero attached hydrogens (tertiary/aromatic N) is 3. The molecule has 0 bridgehead atoms. The van der Waals surface area contributed by atoms with Crippen molar-refractivity contribution in [3.05, 3.63) is 65.7 Å². The van der Waals surface area contributed by atoms with Crippen LogP contribution in [0.2, 0.25) is 0 Å². The summed E-state index contributed by atoms with van der Waals surface area (Å²) >= 11 is 0. The lowest BCUT2D eigenvalue weighted by Gasteiger charge is -2.40. The van der Waals surface area contributed by atoms with E-state index in [-0.39, 0.29) is 29.7 Å². The van der Waals surface area contributed by atoms with Gasteiger partial charge in [0.1, 0.15) is 6.23 Å². The Hall–Kier alpha value is -2.86. The van der Waals surface area contributed by atoms with Crippen molar-refractivity contribution in [1.29, 1.82) is 0 Å². The summed E-state index contributed by atoms with van der Waals surface area (Å²) in [6.45, 7) is 8.85. The molecule has 2 aromatic carbocycles. The second kappa shape index (κ2) is 8.58.